The molecule has 0 saturated heterocycles. The number of anilines is 1. The highest BCUT2D eigenvalue weighted by molar-refractivity contribution is 7.71. The Morgan fingerprint density at radius 1 is 1.00 bits per heavy atom. The van der Waals surface area contributed by atoms with Crippen molar-refractivity contribution in [3.8, 4) is 11.4 Å². The molecule has 3 aromatic rings. The molecule has 0 atom stereocenters. The van der Waals surface area contributed by atoms with E-state index in [1.807, 2.05) is 64.1 Å². The van der Waals surface area contributed by atoms with Gasteiger partial charge in [0.1, 0.15) is 6.54 Å². The third-order valence-electron chi connectivity index (χ3n) is 4.76. The van der Waals surface area contributed by atoms with Gasteiger partial charge in [-0.3, -0.25) is 19.3 Å². The first-order valence-electron chi connectivity index (χ1n) is 9.61. The monoisotopic (exact) mass is 423 g/mol. The first kappa shape index (κ1) is 21.4. The molecule has 1 aromatic heterocycles. The molecule has 2 aromatic carbocycles. The molecule has 0 aliphatic carbocycles. The topological polar surface area (TPSA) is 91.8 Å². The van der Waals surface area contributed by atoms with Crippen LogP contribution in [-0.2, 0) is 16.1 Å². The summed E-state index contributed by atoms with van der Waals surface area (Å²) in [6.07, 6.45) is 0. The van der Waals surface area contributed by atoms with Crippen LogP contribution in [0, 0.1) is 32.5 Å². The molecular formula is C22H25N5O2S. The van der Waals surface area contributed by atoms with E-state index in [2.05, 4.69) is 20.8 Å². The van der Waals surface area contributed by atoms with Crippen LogP contribution in [0.3, 0.4) is 0 Å². The van der Waals surface area contributed by atoms with Gasteiger partial charge in [0, 0.05) is 11.3 Å². The second-order valence-corrected chi connectivity index (χ2v) is 7.79. The van der Waals surface area contributed by atoms with Gasteiger partial charge in [-0.1, -0.05) is 47.5 Å². The molecule has 0 spiro atoms. The van der Waals surface area contributed by atoms with Crippen molar-refractivity contribution in [3.05, 3.63) is 63.4 Å². The summed E-state index contributed by atoms with van der Waals surface area (Å²) in [6, 6.07) is 11.8. The van der Waals surface area contributed by atoms with Crippen molar-refractivity contribution < 1.29 is 9.59 Å². The van der Waals surface area contributed by atoms with Gasteiger partial charge in [0.2, 0.25) is 11.8 Å². The molecular weight excluding hydrogens is 398 g/mol. The molecule has 3 N–H and O–H groups in total. The van der Waals surface area contributed by atoms with E-state index in [-0.39, 0.29) is 24.9 Å². The van der Waals surface area contributed by atoms with Gasteiger partial charge in [-0.2, -0.15) is 5.10 Å². The van der Waals surface area contributed by atoms with Crippen LogP contribution in [0.15, 0.2) is 36.4 Å². The molecule has 0 aliphatic heterocycles. The summed E-state index contributed by atoms with van der Waals surface area (Å²) in [5.41, 5.74) is 5.86. The van der Waals surface area contributed by atoms with Crippen LogP contribution in [0.5, 0.6) is 0 Å². The Labute approximate surface area is 180 Å². The third kappa shape index (κ3) is 5.01. The average Bonchev–Trinajstić information content (AvgIpc) is 3.04. The van der Waals surface area contributed by atoms with Crippen LogP contribution in [0.25, 0.3) is 11.4 Å². The van der Waals surface area contributed by atoms with Crippen molar-refractivity contribution in [1.82, 2.24) is 20.1 Å². The fourth-order valence-corrected chi connectivity index (χ4v) is 3.52. The van der Waals surface area contributed by atoms with E-state index in [0.29, 0.717) is 10.6 Å². The smallest absolute Gasteiger partial charge is 0.243 e. The van der Waals surface area contributed by atoms with Crippen molar-refractivity contribution in [2.45, 2.75) is 34.2 Å². The van der Waals surface area contributed by atoms with Gasteiger partial charge in [-0.05, 0) is 51.0 Å². The van der Waals surface area contributed by atoms with Gasteiger partial charge < -0.3 is 10.6 Å². The fourth-order valence-electron chi connectivity index (χ4n) is 3.33. The average molecular weight is 424 g/mol. The maximum absolute atomic E-state index is 12.4. The summed E-state index contributed by atoms with van der Waals surface area (Å²) in [5, 5.41) is 12.5. The number of nitrogens with zero attached hydrogens (tertiary/aromatic N) is 2. The van der Waals surface area contributed by atoms with Crippen LogP contribution < -0.4 is 10.6 Å². The normalized spacial score (nSPS) is 10.7. The minimum atomic E-state index is -0.326. The van der Waals surface area contributed by atoms with Crippen LogP contribution in [0.2, 0.25) is 0 Å². The van der Waals surface area contributed by atoms with E-state index >= 15 is 0 Å². The van der Waals surface area contributed by atoms with E-state index in [1.165, 1.54) is 0 Å². The lowest BCUT2D eigenvalue weighted by Gasteiger charge is -2.13. The molecule has 0 fully saturated rings. The number of rotatable bonds is 6. The Kier molecular flexibility index (Phi) is 6.47. The first-order chi connectivity index (χ1) is 14.2. The van der Waals surface area contributed by atoms with Crippen LogP contribution >= 0.6 is 12.2 Å². The van der Waals surface area contributed by atoms with Gasteiger partial charge in [-0.25, -0.2) is 0 Å². The van der Waals surface area contributed by atoms with E-state index in [9.17, 15) is 9.59 Å². The summed E-state index contributed by atoms with van der Waals surface area (Å²) in [5.74, 6) is -0.0354. The van der Waals surface area contributed by atoms with Gasteiger partial charge in [0.15, 0.2) is 10.6 Å². The van der Waals surface area contributed by atoms with E-state index < -0.39 is 0 Å². The summed E-state index contributed by atoms with van der Waals surface area (Å²) in [7, 11) is 0. The van der Waals surface area contributed by atoms with Crippen molar-refractivity contribution in [2.75, 3.05) is 11.9 Å². The molecule has 8 heteroatoms. The van der Waals surface area contributed by atoms with Crippen molar-refractivity contribution in [2.24, 2.45) is 0 Å². The summed E-state index contributed by atoms with van der Waals surface area (Å²) in [4.78, 5) is 24.8. The van der Waals surface area contributed by atoms with Gasteiger partial charge in [0.25, 0.3) is 0 Å². The third-order valence-corrected chi connectivity index (χ3v) is 5.07. The van der Waals surface area contributed by atoms with Crippen LogP contribution in [0.1, 0.15) is 22.3 Å². The standard InChI is InChI=1S/C22H25N5O2S/c1-13-5-7-17(8-6-13)21-25-26-22(30)27(21)12-19(29)23-11-18(28)24-20-15(3)9-14(2)10-16(20)4/h5-10H,11-12H2,1-4H3,(H,23,29)(H,24,28)(H,26,30). The maximum atomic E-state index is 12.4. The Bertz CT molecular complexity index is 1120. The van der Waals surface area contributed by atoms with Crippen LogP contribution in [0.4, 0.5) is 5.69 Å². The predicted octanol–water partition coefficient (Wildman–Crippen LogP) is 3.60. The van der Waals surface area contributed by atoms with Crippen molar-refractivity contribution in [3.63, 3.8) is 0 Å². The molecule has 0 unspecified atom stereocenters. The maximum Gasteiger partial charge on any atom is 0.243 e. The zero-order valence-electron chi connectivity index (χ0n) is 17.5. The Morgan fingerprint density at radius 3 is 2.27 bits per heavy atom. The Morgan fingerprint density at radius 2 is 1.63 bits per heavy atom. The number of amides is 2. The van der Waals surface area contributed by atoms with E-state index in [1.54, 1.807) is 4.57 Å². The number of carbonyl (C=O) groups excluding carboxylic acids is 2. The number of aromatic amines is 1. The van der Waals surface area contributed by atoms with E-state index in [0.717, 1.165) is 33.5 Å². The number of nitrogens with one attached hydrogen (secondary N) is 3. The highest BCUT2D eigenvalue weighted by atomic mass is 32.1. The lowest BCUT2D eigenvalue weighted by molar-refractivity contribution is -0.124. The second kappa shape index (κ2) is 9.04. The molecule has 0 aliphatic rings. The molecule has 1 heterocycles. The Hall–Kier alpha value is -3.26. The second-order valence-electron chi connectivity index (χ2n) is 7.40. The van der Waals surface area contributed by atoms with Crippen molar-refractivity contribution in [1.29, 1.82) is 0 Å². The highest BCUT2D eigenvalue weighted by Crippen LogP contribution is 2.21. The van der Waals surface area contributed by atoms with E-state index in [4.69, 9.17) is 12.2 Å². The zero-order chi connectivity index (χ0) is 21.8. The number of hydrogen-bond acceptors (Lipinski definition) is 4. The molecule has 156 valence electrons. The van der Waals surface area contributed by atoms with Crippen molar-refractivity contribution >= 4 is 29.7 Å². The van der Waals surface area contributed by atoms with Crippen LogP contribution in [-0.4, -0.2) is 33.1 Å². The summed E-state index contributed by atoms with van der Waals surface area (Å²) < 4.78 is 1.96. The molecule has 30 heavy (non-hydrogen) atoms. The lowest BCUT2D eigenvalue weighted by atomic mass is 10.1. The number of carbonyl (C=O) groups is 2. The largest absolute Gasteiger partial charge is 0.345 e. The summed E-state index contributed by atoms with van der Waals surface area (Å²) in [6.45, 7) is 7.74. The molecule has 3 rings (SSSR count). The highest BCUT2D eigenvalue weighted by Gasteiger charge is 2.14. The SMILES string of the molecule is Cc1ccc(-c2n[nH]c(=S)n2CC(=O)NCC(=O)Nc2c(C)cc(C)cc2C)cc1. The molecule has 2 amide bonds. The predicted molar refractivity (Wildman–Crippen MR) is 120 cm³/mol. The number of H-pyrrole nitrogens is 1. The minimum Gasteiger partial charge on any atom is -0.345 e. The van der Waals surface area contributed by atoms with Gasteiger partial charge >= 0.3 is 0 Å². The van der Waals surface area contributed by atoms with Gasteiger partial charge in [0.05, 0.1) is 6.54 Å². The minimum absolute atomic E-state index is 0.0333. The molecule has 0 radical (unpaired) electrons. The number of hydrogen-bond donors (Lipinski definition) is 3. The number of aromatic nitrogens is 3. The number of benzene rings is 2. The molecule has 0 saturated carbocycles. The Balaban J connectivity index is 1.63. The summed E-state index contributed by atoms with van der Waals surface area (Å²) >= 11 is 5.26. The zero-order valence-corrected chi connectivity index (χ0v) is 18.3. The molecule has 7 nitrogen and oxygen atoms in total. The fraction of sp³-hybridized carbons (Fsp3) is 0.273. The van der Waals surface area contributed by atoms with Gasteiger partial charge in [-0.15, -0.1) is 0 Å². The molecule has 0 bridgehead atoms. The first-order valence-corrected chi connectivity index (χ1v) is 10.0. The lowest BCUT2D eigenvalue weighted by Crippen LogP contribution is -2.35. The number of aryl methyl sites for hydroxylation is 4. The quantitative estimate of drug-likeness (QED) is 0.528.